The standard InChI is InChI=1S/Ag.4O.Re/q+1;4*-2;. The summed E-state index contributed by atoms with van der Waals surface area (Å²) in [7, 11) is 0. The largest absolute Gasteiger partial charge is 2.00 e. The minimum absolute atomic E-state index is 0. The smallest absolute Gasteiger partial charge is 1.00 e. The van der Waals surface area contributed by atoms with Crippen molar-refractivity contribution < 1.29 is 64.7 Å². The monoisotopic (exact) mass is 358 g/mol. The first kappa shape index (κ1) is 183. The molecule has 1 radical (unpaired) electrons. The zero-order valence-corrected chi connectivity index (χ0v) is 6.51. The Morgan fingerprint density at radius 3 is 0.500 bits per heavy atom. The summed E-state index contributed by atoms with van der Waals surface area (Å²) in [5, 5.41) is 0. The second-order valence-electron chi connectivity index (χ2n) is 0. The Labute approximate surface area is 64.7 Å². The second kappa shape index (κ2) is 111. The quantitative estimate of drug-likeness (QED) is 0.521. The molecule has 0 bridgehead atoms. The molecule has 0 N–H and O–H groups in total. The zero-order valence-electron chi connectivity index (χ0n) is 2.31. The van der Waals surface area contributed by atoms with Gasteiger partial charge >= 0.3 is 22.4 Å². The van der Waals surface area contributed by atoms with Gasteiger partial charge in [0.15, 0.2) is 0 Å². The molecule has 6 heavy (non-hydrogen) atoms. The predicted octanol–water partition coefficient (Wildman–Crippen LogP) is -0.480. The van der Waals surface area contributed by atoms with Crippen LogP contribution in [-0.4, -0.2) is 0 Å². The van der Waals surface area contributed by atoms with Gasteiger partial charge in [0.1, 0.15) is 0 Å². The molecule has 0 aromatic heterocycles. The van der Waals surface area contributed by atoms with Crippen molar-refractivity contribution in [1.82, 2.24) is 0 Å². The van der Waals surface area contributed by atoms with Crippen LogP contribution in [0.4, 0.5) is 0 Å². The molecule has 0 heterocycles. The summed E-state index contributed by atoms with van der Waals surface area (Å²) in [5.74, 6) is 0. The summed E-state index contributed by atoms with van der Waals surface area (Å²) >= 11 is 0. The SMILES string of the molecule is [Ag+].[O-2].[O-2].[O-2].[O-2].[Re]. The fraction of sp³-hybridized carbons (Fsp3) is 0. The van der Waals surface area contributed by atoms with Crippen LogP contribution in [-0.2, 0) is 64.7 Å². The van der Waals surface area contributed by atoms with E-state index in [1.54, 1.807) is 0 Å². The van der Waals surface area contributed by atoms with Crippen molar-refractivity contribution in [2.24, 2.45) is 0 Å². The Balaban J connectivity index is 0. The van der Waals surface area contributed by atoms with Crippen molar-refractivity contribution in [3.05, 3.63) is 0 Å². The van der Waals surface area contributed by atoms with Crippen LogP contribution in [0.3, 0.4) is 0 Å². The Morgan fingerprint density at radius 1 is 0.500 bits per heavy atom. The summed E-state index contributed by atoms with van der Waals surface area (Å²) in [6.07, 6.45) is 0. The van der Waals surface area contributed by atoms with E-state index in [0.29, 0.717) is 0 Å². The second-order valence-corrected chi connectivity index (χ2v) is 0. The fourth-order valence-corrected chi connectivity index (χ4v) is 0. The van der Waals surface area contributed by atoms with Crippen molar-refractivity contribution in [2.45, 2.75) is 0 Å². The summed E-state index contributed by atoms with van der Waals surface area (Å²) < 4.78 is 0. The Hall–Kier alpha value is 1.24. The van der Waals surface area contributed by atoms with Crippen LogP contribution < -0.4 is 0 Å². The van der Waals surface area contributed by atoms with E-state index >= 15 is 0 Å². The molecule has 0 rings (SSSR count). The minimum atomic E-state index is 0. The third-order valence-electron chi connectivity index (χ3n) is 0. The molecule has 0 aliphatic carbocycles. The average Bonchev–Trinajstić information content (AvgIpc) is 0. The third kappa shape index (κ3) is 61.1. The van der Waals surface area contributed by atoms with Crippen molar-refractivity contribution in [1.29, 1.82) is 0 Å². The van der Waals surface area contributed by atoms with Crippen LogP contribution in [0.2, 0.25) is 0 Å². The molecule has 0 spiro atoms. The van der Waals surface area contributed by atoms with E-state index in [9.17, 15) is 0 Å². The van der Waals surface area contributed by atoms with E-state index in [-0.39, 0.29) is 64.7 Å². The van der Waals surface area contributed by atoms with E-state index < -0.39 is 0 Å². The molecular weight excluding hydrogens is 358 g/mol. The van der Waals surface area contributed by atoms with Crippen LogP contribution >= 0.6 is 0 Å². The number of rotatable bonds is 0. The van der Waals surface area contributed by atoms with E-state index in [1.807, 2.05) is 0 Å². The summed E-state index contributed by atoms with van der Waals surface area (Å²) in [5.41, 5.74) is 0. The molecule has 0 saturated heterocycles. The first-order chi connectivity index (χ1) is 0. The van der Waals surface area contributed by atoms with Crippen molar-refractivity contribution >= 4 is 0 Å². The van der Waals surface area contributed by atoms with Gasteiger partial charge in [0.25, 0.3) is 0 Å². The van der Waals surface area contributed by atoms with Crippen molar-refractivity contribution in [3.63, 3.8) is 0 Å². The number of hydrogen-bond donors (Lipinski definition) is 0. The number of hydrogen-bond acceptors (Lipinski definition) is 0. The van der Waals surface area contributed by atoms with Crippen LogP contribution in [0.25, 0.3) is 0 Å². The minimum Gasteiger partial charge on any atom is -2.00 e. The fourth-order valence-electron chi connectivity index (χ4n) is 0. The maximum Gasteiger partial charge on any atom is 1.00 e. The van der Waals surface area contributed by atoms with Gasteiger partial charge in [0.05, 0.1) is 0 Å². The van der Waals surface area contributed by atoms with Gasteiger partial charge in [-0.2, -0.15) is 0 Å². The molecule has 0 aromatic rings. The van der Waals surface area contributed by atoms with Crippen LogP contribution in [0.1, 0.15) is 0 Å². The van der Waals surface area contributed by atoms with Crippen LogP contribution in [0.5, 0.6) is 0 Å². The third-order valence-corrected chi connectivity index (χ3v) is 0. The Morgan fingerprint density at radius 2 is 0.500 bits per heavy atom. The van der Waals surface area contributed by atoms with Crippen LogP contribution in [0, 0.1) is 0 Å². The Bertz CT molecular complexity index is 7.51. The van der Waals surface area contributed by atoms with E-state index in [0.717, 1.165) is 0 Å². The van der Waals surface area contributed by atoms with Gasteiger partial charge < -0.3 is 21.9 Å². The molecule has 0 unspecified atom stereocenters. The summed E-state index contributed by atoms with van der Waals surface area (Å²) in [6, 6.07) is 0. The molecule has 0 aliphatic heterocycles. The van der Waals surface area contributed by atoms with E-state index in [4.69, 9.17) is 0 Å². The molecule has 6 heteroatoms. The summed E-state index contributed by atoms with van der Waals surface area (Å²) in [4.78, 5) is 0. The van der Waals surface area contributed by atoms with Gasteiger partial charge in [0.2, 0.25) is 0 Å². The molecule has 0 aromatic carbocycles. The van der Waals surface area contributed by atoms with Gasteiger partial charge in [-0.15, -0.1) is 0 Å². The molecule has 0 atom stereocenters. The van der Waals surface area contributed by atoms with Gasteiger partial charge in [-0.3, -0.25) is 0 Å². The molecule has 49 valence electrons. The predicted molar refractivity (Wildman–Crippen MR) is 2.75 cm³/mol. The van der Waals surface area contributed by atoms with Gasteiger partial charge in [-0.1, -0.05) is 0 Å². The van der Waals surface area contributed by atoms with E-state index in [2.05, 4.69) is 0 Å². The maximum absolute atomic E-state index is 0. The molecule has 4 nitrogen and oxygen atoms in total. The van der Waals surface area contributed by atoms with Crippen molar-refractivity contribution in [2.75, 3.05) is 0 Å². The normalized spacial score (nSPS) is 0. The van der Waals surface area contributed by atoms with Gasteiger partial charge in [0, 0.05) is 20.4 Å². The summed E-state index contributed by atoms with van der Waals surface area (Å²) in [6.45, 7) is 0. The molecular formula is AgO4Re-7. The first-order valence-corrected chi connectivity index (χ1v) is 0. The van der Waals surface area contributed by atoms with Crippen LogP contribution in [0.15, 0.2) is 0 Å². The zero-order chi connectivity index (χ0) is 0. The van der Waals surface area contributed by atoms with E-state index in [1.165, 1.54) is 0 Å². The molecule has 0 fully saturated rings. The van der Waals surface area contributed by atoms with Crippen molar-refractivity contribution in [3.8, 4) is 0 Å². The molecule has 0 aliphatic rings. The molecule has 0 amide bonds. The average molecular weight is 358 g/mol. The topological polar surface area (TPSA) is 114 Å². The maximum atomic E-state index is 0. The van der Waals surface area contributed by atoms with Gasteiger partial charge in [-0.05, 0) is 0 Å². The Kier molecular flexibility index (Phi) is 3390. The molecule has 0 saturated carbocycles. The first-order valence-electron chi connectivity index (χ1n) is 0. The van der Waals surface area contributed by atoms with Gasteiger partial charge in [-0.25, -0.2) is 0 Å².